The van der Waals surface area contributed by atoms with E-state index in [0.717, 1.165) is 52.8 Å². The second-order valence-electron chi connectivity index (χ2n) is 8.19. The van der Waals surface area contributed by atoms with Crippen molar-refractivity contribution in [3.8, 4) is 5.75 Å². The second kappa shape index (κ2) is 9.10. The molecule has 2 N–H and O–H groups in total. The molecule has 1 aromatic heterocycles. The van der Waals surface area contributed by atoms with Gasteiger partial charge in [-0.2, -0.15) is 0 Å². The fourth-order valence-electron chi connectivity index (χ4n) is 4.57. The van der Waals surface area contributed by atoms with E-state index in [1.807, 2.05) is 36.1 Å². The molecule has 1 aliphatic rings. The van der Waals surface area contributed by atoms with Crippen molar-refractivity contribution in [2.75, 3.05) is 20.2 Å². The highest BCUT2D eigenvalue weighted by molar-refractivity contribution is 7.21. The van der Waals surface area contributed by atoms with Crippen molar-refractivity contribution in [2.45, 2.75) is 38.5 Å². The molecule has 1 fully saturated rings. The lowest BCUT2D eigenvalue weighted by molar-refractivity contribution is -0.130. The lowest BCUT2D eigenvalue weighted by atomic mass is 9.95. The van der Waals surface area contributed by atoms with Crippen LogP contribution >= 0.6 is 11.3 Å². The summed E-state index contributed by atoms with van der Waals surface area (Å²) in [5.74, 6) is 0.856. The molecule has 2 amide bonds. The van der Waals surface area contributed by atoms with Crippen molar-refractivity contribution in [1.82, 2.24) is 4.90 Å². The van der Waals surface area contributed by atoms with Crippen molar-refractivity contribution in [3.05, 3.63) is 64.0 Å². The number of primary amides is 1. The zero-order chi connectivity index (χ0) is 22.0. The number of methoxy groups -OCH3 is 1. The van der Waals surface area contributed by atoms with Crippen LogP contribution in [0, 0.1) is 6.92 Å². The number of carbonyl (C=O) groups excluding carboxylic acids is 2. The van der Waals surface area contributed by atoms with Gasteiger partial charge in [0.1, 0.15) is 5.75 Å². The fraction of sp³-hybridized carbons (Fsp3) is 0.360. The number of nitrogens with zero attached hydrogens (tertiary/aromatic N) is 1. The Hall–Kier alpha value is -2.86. The summed E-state index contributed by atoms with van der Waals surface area (Å²) < 4.78 is 6.39. The minimum absolute atomic E-state index is 0.159. The largest absolute Gasteiger partial charge is 0.496 e. The van der Waals surface area contributed by atoms with Crippen molar-refractivity contribution >= 4 is 33.2 Å². The van der Waals surface area contributed by atoms with Gasteiger partial charge in [0.25, 0.3) is 5.91 Å². The molecule has 1 unspecified atom stereocenters. The second-order valence-corrected chi connectivity index (χ2v) is 9.24. The first-order valence-electron chi connectivity index (χ1n) is 10.7. The van der Waals surface area contributed by atoms with E-state index >= 15 is 0 Å². The molecule has 4 rings (SSSR count). The van der Waals surface area contributed by atoms with E-state index in [4.69, 9.17) is 10.5 Å². The fourth-order valence-corrected chi connectivity index (χ4v) is 5.72. The number of carbonyl (C=O) groups is 2. The Kier molecular flexibility index (Phi) is 6.28. The van der Waals surface area contributed by atoms with Crippen LogP contribution in [0.1, 0.15) is 51.5 Å². The third-order valence-electron chi connectivity index (χ3n) is 6.12. The van der Waals surface area contributed by atoms with E-state index in [1.165, 1.54) is 16.9 Å². The molecule has 31 heavy (non-hydrogen) atoms. The first kappa shape index (κ1) is 21.4. The molecule has 0 bridgehead atoms. The predicted molar refractivity (Wildman–Crippen MR) is 125 cm³/mol. The average Bonchev–Trinajstić information content (AvgIpc) is 3.38. The summed E-state index contributed by atoms with van der Waals surface area (Å²) in [6.07, 6.45) is 3.09. The van der Waals surface area contributed by atoms with Crippen molar-refractivity contribution in [1.29, 1.82) is 0 Å². The molecular weight excluding hydrogens is 408 g/mol. The standard InChI is InChI=1S/C25H28N2O3S/c1-16-14-17(10-11-20(16)30-2)6-5-9-22(28)27-13-12-18(15-27)23-19-7-3-4-8-21(19)31-24(23)25(26)29/h3-4,7-8,10-11,14,18H,5-6,9,12-13,15H2,1-2H3,(H2,26,29). The average molecular weight is 437 g/mol. The molecule has 1 saturated heterocycles. The van der Waals surface area contributed by atoms with Crippen LogP contribution in [-0.2, 0) is 11.2 Å². The molecule has 3 aromatic rings. The number of fused-ring (bicyclic) bond motifs is 1. The number of thiophene rings is 1. The lowest BCUT2D eigenvalue weighted by Crippen LogP contribution is -2.28. The van der Waals surface area contributed by atoms with Gasteiger partial charge in [0.05, 0.1) is 12.0 Å². The van der Waals surface area contributed by atoms with Crippen LogP contribution in [0.5, 0.6) is 5.75 Å². The molecule has 162 valence electrons. The maximum atomic E-state index is 12.8. The van der Waals surface area contributed by atoms with Crippen LogP contribution in [0.4, 0.5) is 0 Å². The van der Waals surface area contributed by atoms with E-state index in [9.17, 15) is 9.59 Å². The summed E-state index contributed by atoms with van der Waals surface area (Å²) in [7, 11) is 1.68. The summed E-state index contributed by atoms with van der Waals surface area (Å²) in [5, 5.41) is 1.09. The molecule has 2 aromatic carbocycles. The minimum atomic E-state index is -0.379. The van der Waals surface area contributed by atoms with Gasteiger partial charge in [-0.1, -0.05) is 30.3 Å². The topological polar surface area (TPSA) is 72.6 Å². The molecule has 0 saturated carbocycles. The number of nitrogens with two attached hydrogens (primary N) is 1. The highest BCUT2D eigenvalue weighted by atomic mass is 32.1. The smallest absolute Gasteiger partial charge is 0.259 e. The maximum absolute atomic E-state index is 12.8. The maximum Gasteiger partial charge on any atom is 0.259 e. The van der Waals surface area contributed by atoms with E-state index in [1.54, 1.807) is 7.11 Å². The Morgan fingerprint density at radius 3 is 2.77 bits per heavy atom. The Balaban J connectivity index is 1.38. The monoisotopic (exact) mass is 436 g/mol. The zero-order valence-corrected chi connectivity index (χ0v) is 18.8. The Bertz CT molecular complexity index is 1120. The zero-order valence-electron chi connectivity index (χ0n) is 18.0. The van der Waals surface area contributed by atoms with E-state index in [2.05, 4.69) is 18.2 Å². The molecule has 2 heterocycles. The number of rotatable bonds is 7. The summed E-state index contributed by atoms with van der Waals surface area (Å²) >= 11 is 1.46. The number of hydrogen-bond acceptors (Lipinski definition) is 4. The van der Waals surface area contributed by atoms with Crippen LogP contribution in [-0.4, -0.2) is 36.9 Å². The lowest BCUT2D eigenvalue weighted by Gasteiger charge is -2.17. The van der Waals surface area contributed by atoms with Crippen molar-refractivity contribution < 1.29 is 14.3 Å². The van der Waals surface area contributed by atoms with E-state index < -0.39 is 0 Å². The van der Waals surface area contributed by atoms with Gasteiger partial charge >= 0.3 is 0 Å². The molecule has 1 aliphatic heterocycles. The van der Waals surface area contributed by atoms with Crippen molar-refractivity contribution in [3.63, 3.8) is 0 Å². The molecule has 1 atom stereocenters. The van der Waals surface area contributed by atoms with E-state index in [0.29, 0.717) is 17.8 Å². The number of amides is 2. The third-order valence-corrected chi connectivity index (χ3v) is 7.32. The van der Waals surface area contributed by atoms with E-state index in [-0.39, 0.29) is 17.7 Å². The molecule has 6 heteroatoms. The van der Waals surface area contributed by atoms with Gasteiger partial charge in [0.15, 0.2) is 0 Å². The number of benzene rings is 2. The molecule has 0 radical (unpaired) electrons. The molecule has 0 spiro atoms. The van der Waals surface area contributed by atoms with Crippen LogP contribution in [0.25, 0.3) is 10.1 Å². The van der Waals surface area contributed by atoms with Gasteiger partial charge in [-0.05, 0) is 60.4 Å². The Morgan fingerprint density at radius 2 is 2.03 bits per heavy atom. The minimum Gasteiger partial charge on any atom is -0.496 e. The number of aryl methyl sites for hydroxylation is 2. The Morgan fingerprint density at radius 1 is 1.23 bits per heavy atom. The van der Waals surface area contributed by atoms with Gasteiger partial charge in [-0.25, -0.2) is 0 Å². The van der Waals surface area contributed by atoms with Gasteiger partial charge < -0.3 is 15.4 Å². The van der Waals surface area contributed by atoms with Gasteiger partial charge in [0, 0.05) is 30.1 Å². The third kappa shape index (κ3) is 4.44. The van der Waals surface area contributed by atoms with Crippen LogP contribution in [0.3, 0.4) is 0 Å². The molecule has 0 aliphatic carbocycles. The number of likely N-dealkylation sites (tertiary alicyclic amines) is 1. The number of ether oxygens (including phenoxy) is 1. The summed E-state index contributed by atoms with van der Waals surface area (Å²) in [6.45, 7) is 3.42. The first-order chi connectivity index (χ1) is 15.0. The van der Waals surface area contributed by atoms with Crippen LogP contribution in [0.15, 0.2) is 42.5 Å². The normalized spacial score (nSPS) is 16.1. The molecule has 5 nitrogen and oxygen atoms in total. The number of hydrogen-bond donors (Lipinski definition) is 1. The summed E-state index contributed by atoms with van der Waals surface area (Å²) in [5.41, 5.74) is 9.03. The highest BCUT2D eigenvalue weighted by Gasteiger charge is 2.31. The Labute approximate surface area is 186 Å². The highest BCUT2D eigenvalue weighted by Crippen LogP contribution is 2.40. The van der Waals surface area contributed by atoms with Gasteiger partial charge in [-0.15, -0.1) is 11.3 Å². The predicted octanol–water partition coefficient (Wildman–Crippen LogP) is 4.66. The van der Waals surface area contributed by atoms with Crippen LogP contribution in [0.2, 0.25) is 0 Å². The SMILES string of the molecule is COc1ccc(CCCC(=O)N2CCC(c3c(C(N)=O)sc4ccccc34)C2)cc1C. The summed E-state index contributed by atoms with van der Waals surface area (Å²) in [6, 6.07) is 14.2. The van der Waals surface area contributed by atoms with Gasteiger partial charge in [-0.3, -0.25) is 9.59 Å². The molecular formula is C25H28N2O3S. The first-order valence-corrected chi connectivity index (χ1v) is 11.5. The summed E-state index contributed by atoms with van der Waals surface area (Å²) in [4.78, 5) is 27.4. The van der Waals surface area contributed by atoms with Gasteiger partial charge in [0.2, 0.25) is 5.91 Å². The van der Waals surface area contributed by atoms with Crippen LogP contribution < -0.4 is 10.5 Å². The van der Waals surface area contributed by atoms with Crippen molar-refractivity contribution in [2.24, 2.45) is 5.73 Å². The quantitative estimate of drug-likeness (QED) is 0.586.